The molecule has 0 fully saturated rings. The van der Waals surface area contributed by atoms with Crippen LogP contribution in [0, 0.1) is 0 Å². The molecule has 0 saturated heterocycles. The summed E-state index contributed by atoms with van der Waals surface area (Å²) in [4.78, 5) is 14.9. The fraction of sp³-hybridized carbons (Fsp3) is 0.167. The second-order valence-corrected chi connectivity index (χ2v) is 4.54. The van der Waals surface area contributed by atoms with E-state index in [1.54, 1.807) is 0 Å². The smallest absolute Gasteiger partial charge is 0.429 e. The molecular weight excluding hydrogens is 311 g/mol. The number of amides is 1. The van der Waals surface area contributed by atoms with Crippen molar-refractivity contribution < 1.29 is 22.7 Å². The minimum Gasteiger partial charge on any atom is -0.475 e. The van der Waals surface area contributed by atoms with Gasteiger partial charge < -0.3 is 16.2 Å². The van der Waals surface area contributed by atoms with Gasteiger partial charge >= 0.3 is 6.18 Å². The second-order valence-electron chi connectivity index (χ2n) is 4.13. The summed E-state index contributed by atoms with van der Waals surface area (Å²) in [5.74, 6) is -1.96. The van der Waals surface area contributed by atoms with Crippen LogP contribution in [0.1, 0.15) is 5.56 Å². The Morgan fingerprint density at radius 3 is 2.57 bits per heavy atom. The van der Waals surface area contributed by atoms with E-state index >= 15 is 0 Å². The van der Waals surface area contributed by atoms with E-state index in [1.807, 2.05) is 0 Å². The van der Waals surface area contributed by atoms with Gasteiger partial charge in [0, 0.05) is 5.56 Å². The molecule has 112 valence electrons. The molecule has 9 heteroatoms. The zero-order chi connectivity index (χ0) is 15.8. The van der Waals surface area contributed by atoms with Crippen molar-refractivity contribution in [3.05, 3.63) is 34.4 Å². The number of carbonyl (C=O) groups is 1. The molecule has 0 bridgehead atoms. The number of benzene rings is 1. The molecule has 0 unspecified atom stereocenters. The Balaban J connectivity index is 2.57. The number of fused-ring (bicyclic) bond motifs is 1. The van der Waals surface area contributed by atoms with Crippen LogP contribution in [0.2, 0.25) is 5.02 Å². The van der Waals surface area contributed by atoms with Crippen LogP contribution in [-0.2, 0) is 4.79 Å². The van der Waals surface area contributed by atoms with Crippen LogP contribution in [0.25, 0.3) is 6.08 Å². The van der Waals surface area contributed by atoms with Crippen LogP contribution in [-0.4, -0.2) is 24.1 Å². The van der Waals surface area contributed by atoms with E-state index in [4.69, 9.17) is 27.8 Å². The Bertz CT molecular complexity index is 652. The van der Waals surface area contributed by atoms with E-state index in [1.165, 1.54) is 18.2 Å². The Morgan fingerprint density at radius 1 is 1.33 bits per heavy atom. The number of guanidine groups is 1. The third-order valence-corrected chi connectivity index (χ3v) is 2.94. The molecule has 21 heavy (non-hydrogen) atoms. The predicted molar refractivity (Wildman–Crippen MR) is 70.7 cm³/mol. The third kappa shape index (κ3) is 3.10. The first-order valence-corrected chi connectivity index (χ1v) is 5.95. The molecule has 0 aromatic heterocycles. The van der Waals surface area contributed by atoms with E-state index in [9.17, 15) is 18.0 Å². The van der Waals surface area contributed by atoms with Crippen molar-refractivity contribution in [2.45, 2.75) is 12.3 Å². The van der Waals surface area contributed by atoms with Gasteiger partial charge in [-0.25, -0.2) is 0 Å². The number of alkyl halides is 3. The topological polar surface area (TPSA) is 90.7 Å². The SMILES string of the molecule is NC(N)=NC(=O)C1=Cc2c(Cl)cccc2O[C@@H]1C(F)(F)F. The lowest BCUT2D eigenvalue weighted by Gasteiger charge is -2.27. The zero-order valence-corrected chi connectivity index (χ0v) is 11.1. The van der Waals surface area contributed by atoms with Gasteiger partial charge in [-0.2, -0.15) is 18.2 Å². The van der Waals surface area contributed by atoms with Crippen molar-refractivity contribution in [3.8, 4) is 5.75 Å². The van der Waals surface area contributed by atoms with Crippen LogP contribution < -0.4 is 16.2 Å². The van der Waals surface area contributed by atoms with E-state index in [2.05, 4.69) is 4.99 Å². The highest BCUT2D eigenvalue weighted by Crippen LogP contribution is 2.40. The summed E-state index contributed by atoms with van der Waals surface area (Å²) >= 11 is 5.88. The van der Waals surface area contributed by atoms with Crippen molar-refractivity contribution in [1.82, 2.24) is 0 Å². The van der Waals surface area contributed by atoms with Gasteiger partial charge in [-0.15, -0.1) is 0 Å². The molecule has 1 aromatic rings. The quantitative estimate of drug-likeness (QED) is 0.610. The lowest BCUT2D eigenvalue weighted by Crippen LogP contribution is -2.40. The Kier molecular flexibility index (Phi) is 3.82. The third-order valence-electron chi connectivity index (χ3n) is 2.61. The molecule has 1 heterocycles. The standard InChI is InChI=1S/C12H9ClF3N3O2/c13-7-2-1-3-8-5(7)4-6(10(20)19-11(17)18)9(21-8)12(14,15)16/h1-4,9H,(H4,17,18,19,20)/t9-/m0/s1. The molecule has 5 nitrogen and oxygen atoms in total. The first-order chi connectivity index (χ1) is 9.70. The number of nitrogens with zero attached hydrogens (tertiary/aromatic N) is 1. The van der Waals surface area contributed by atoms with Gasteiger partial charge in [0.15, 0.2) is 5.96 Å². The highest BCUT2D eigenvalue weighted by molar-refractivity contribution is 6.32. The normalized spacial score (nSPS) is 17.3. The van der Waals surface area contributed by atoms with E-state index in [-0.39, 0.29) is 16.3 Å². The van der Waals surface area contributed by atoms with Crippen LogP contribution in [0.5, 0.6) is 5.75 Å². The second kappa shape index (κ2) is 5.28. The maximum absolute atomic E-state index is 13.0. The number of halogens is 4. The van der Waals surface area contributed by atoms with Gasteiger partial charge in [0.25, 0.3) is 5.91 Å². The van der Waals surface area contributed by atoms with Crippen LogP contribution >= 0.6 is 11.6 Å². The van der Waals surface area contributed by atoms with E-state index in [0.717, 1.165) is 6.08 Å². The maximum Gasteiger partial charge on any atom is 0.429 e. The van der Waals surface area contributed by atoms with Crippen molar-refractivity contribution in [1.29, 1.82) is 0 Å². The minimum absolute atomic E-state index is 0.0777. The van der Waals surface area contributed by atoms with Gasteiger partial charge in [0.05, 0.1) is 10.6 Å². The zero-order valence-electron chi connectivity index (χ0n) is 10.3. The van der Waals surface area contributed by atoms with E-state index in [0.29, 0.717) is 0 Å². The largest absolute Gasteiger partial charge is 0.475 e. The highest BCUT2D eigenvalue weighted by Gasteiger charge is 2.48. The van der Waals surface area contributed by atoms with Gasteiger partial charge in [-0.3, -0.25) is 4.79 Å². The number of hydrogen-bond donors (Lipinski definition) is 2. The predicted octanol–water partition coefficient (Wildman–Crippen LogP) is 1.85. The van der Waals surface area contributed by atoms with Gasteiger partial charge in [0.2, 0.25) is 6.10 Å². The van der Waals surface area contributed by atoms with Crippen LogP contribution in [0.15, 0.2) is 28.8 Å². The molecule has 2 rings (SSSR count). The number of aliphatic imine (C=N–C) groups is 1. The molecule has 1 amide bonds. The summed E-state index contributed by atoms with van der Waals surface area (Å²) in [7, 11) is 0. The number of ether oxygens (including phenoxy) is 1. The van der Waals surface area contributed by atoms with Crippen molar-refractivity contribution in [3.63, 3.8) is 0 Å². The van der Waals surface area contributed by atoms with Gasteiger partial charge in [0.1, 0.15) is 5.75 Å². The summed E-state index contributed by atoms with van der Waals surface area (Å²) in [6, 6.07) is 4.21. The van der Waals surface area contributed by atoms with Crippen LogP contribution in [0.4, 0.5) is 13.2 Å². The van der Waals surface area contributed by atoms with E-state index < -0.39 is 29.7 Å². The number of hydrogen-bond acceptors (Lipinski definition) is 2. The summed E-state index contributed by atoms with van der Waals surface area (Å²) in [5, 5.41) is 0.142. The maximum atomic E-state index is 13.0. The van der Waals surface area contributed by atoms with Crippen molar-refractivity contribution in [2.75, 3.05) is 0 Å². The Hall–Kier alpha value is -2.22. The summed E-state index contributed by atoms with van der Waals surface area (Å²) in [6.07, 6.45) is -6.28. The van der Waals surface area contributed by atoms with Crippen molar-refractivity contribution >= 4 is 29.5 Å². The first kappa shape index (κ1) is 15.2. The molecule has 1 atom stereocenters. The summed E-state index contributed by atoms with van der Waals surface area (Å²) < 4.78 is 43.9. The lowest BCUT2D eigenvalue weighted by molar-refractivity contribution is -0.185. The molecule has 1 aromatic carbocycles. The molecule has 1 aliphatic heterocycles. The molecule has 0 radical (unpaired) electrons. The Morgan fingerprint density at radius 2 is 2.00 bits per heavy atom. The molecule has 0 saturated carbocycles. The Labute approximate surface area is 122 Å². The fourth-order valence-electron chi connectivity index (χ4n) is 1.78. The molecule has 0 aliphatic carbocycles. The molecule has 0 spiro atoms. The number of rotatable bonds is 1. The molecule has 4 N–H and O–H groups in total. The number of carbonyl (C=O) groups excluding carboxylic acids is 1. The highest BCUT2D eigenvalue weighted by atomic mass is 35.5. The summed E-state index contributed by atoms with van der Waals surface area (Å²) in [5.41, 5.74) is 9.44. The molecular formula is C12H9ClF3N3O2. The van der Waals surface area contributed by atoms with Crippen LogP contribution in [0.3, 0.4) is 0 Å². The average Bonchev–Trinajstić information content (AvgIpc) is 2.36. The van der Waals surface area contributed by atoms with Gasteiger partial charge in [-0.1, -0.05) is 17.7 Å². The van der Waals surface area contributed by atoms with Gasteiger partial charge in [-0.05, 0) is 18.2 Å². The van der Waals surface area contributed by atoms with Crippen molar-refractivity contribution in [2.24, 2.45) is 16.5 Å². The minimum atomic E-state index is -4.81. The lowest BCUT2D eigenvalue weighted by atomic mass is 10.0. The first-order valence-electron chi connectivity index (χ1n) is 5.57. The fourth-order valence-corrected chi connectivity index (χ4v) is 2.00. The number of nitrogens with two attached hydrogens (primary N) is 2. The monoisotopic (exact) mass is 319 g/mol. The average molecular weight is 320 g/mol. The molecule has 1 aliphatic rings. The summed E-state index contributed by atoms with van der Waals surface area (Å²) in [6.45, 7) is 0.